The van der Waals surface area contributed by atoms with Crippen LogP contribution >= 0.6 is 0 Å². The second-order valence-corrected chi connectivity index (χ2v) is 6.71. The highest BCUT2D eigenvalue weighted by Crippen LogP contribution is 2.22. The third-order valence-electron chi connectivity index (χ3n) is 3.51. The molecule has 0 fully saturated rings. The van der Waals surface area contributed by atoms with Gasteiger partial charge in [0.1, 0.15) is 5.69 Å². The molecular formula is C20H25N3O2. The van der Waals surface area contributed by atoms with Crippen LogP contribution in [0.1, 0.15) is 45.4 Å². The Morgan fingerprint density at radius 1 is 1.24 bits per heavy atom. The van der Waals surface area contributed by atoms with Gasteiger partial charge in [-0.3, -0.25) is 4.79 Å². The van der Waals surface area contributed by atoms with E-state index in [2.05, 4.69) is 15.3 Å². The van der Waals surface area contributed by atoms with Gasteiger partial charge in [-0.15, -0.1) is 0 Å². The highest BCUT2D eigenvalue weighted by molar-refractivity contribution is 5.91. The molecular weight excluding hydrogens is 314 g/mol. The predicted octanol–water partition coefficient (Wildman–Crippen LogP) is 4.04. The second kappa shape index (κ2) is 8.53. The van der Waals surface area contributed by atoms with Gasteiger partial charge in [0.2, 0.25) is 5.91 Å². The third kappa shape index (κ3) is 5.50. The average molecular weight is 339 g/mol. The number of nitrogens with zero attached hydrogens (tertiary/aromatic N) is 2. The normalized spacial score (nSPS) is 10.6. The van der Waals surface area contributed by atoms with E-state index in [0.717, 1.165) is 22.4 Å². The van der Waals surface area contributed by atoms with Crippen LogP contribution in [0, 0.1) is 5.92 Å². The maximum atomic E-state index is 12.1. The number of hydrogen-bond donors (Lipinski definition) is 2. The quantitative estimate of drug-likeness (QED) is 0.833. The van der Waals surface area contributed by atoms with E-state index in [4.69, 9.17) is 5.11 Å². The molecule has 25 heavy (non-hydrogen) atoms. The third-order valence-corrected chi connectivity index (χ3v) is 3.51. The summed E-state index contributed by atoms with van der Waals surface area (Å²) >= 11 is 0. The molecule has 0 spiro atoms. The summed E-state index contributed by atoms with van der Waals surface area (Å²) in [5.41, 5.74) is 4.19. The summed E-state index contributed by atoms with van der Waals surface area (Å²) in [7, 11) is 0. The number of aliphatic hydroxyl groups excluding tert-OH is 1. The zero-order valence-corrected chi connectivity index (χ0v) is 15.2. The molecule has 2 rings (SSSR count). The number of anilines is 1. The molecule has 0 bridgehead atoms. The van der Waals surface area contributed by atoms with E-state index < -0.39 is 0 Å². The lowest BCUT2D eigenvalue weighted by Crippen LogP contribution is -2.16. The van der Waals surface area contributed by atoms with Crippen LogP contribution in [-0.4, -0.2) is 21.0 Å². The highest BCUT2D eigenvalue weighted by atomic mass is 16.3. The van der Waals surface area contributed by atoms with Gasteiger partial charge in [0, 0.05) is 12.0 Å². The molecule has 2 N–H and O–H groups in total. The molecule has 0 aliphatic heterocycles. The largest absolute Gasteiger partial charge is 0.392 e. The number of rotatable bonds is 6. The van der Waals surface area contributed by atoms with Crippen LogP contribution < -0.4 is 5.32 Å². The molecule has 1 aromatic carbocycles. The Labute approximate surface area is 148 Å². The number of amides is 1. The minimum atomic E-state index is -0.0623. The number of aliphatic hydroxyl groups is 1. The second-order valence-electron chi connectivity index (χ2n) is 6.71. The fraction of sp³-hybridized carbons (Fsp3) is 0.350. The van der Waals surface area contributed by atoms with Crippen LogP contribution in [0.2, 0.25) is 0 Å². The van der Waals surface area contributed by atoms with Crippen molar-refractivity contribution in [3.05, 3.63) is 47.3 Å². The first-order valence-corrected chi connectivity index (χ1v) is 8.41. The highest BCUT2D eigenvalue weighted by Gasteiger charge is 2.12. The summed E-state index contributed by atoms with van der Waals surface area (Å²) in [6.45, 7) is 7.97. The standard InChI is InChI=1S/C20H25N3O2/c1-13(2)9-17-20(23-19(25)10-14(3)4)21-11-18(22-17)16-7-5-15(12-24)6-8-16/h5-9,11,14,24H,10,12H2,1-4H3,(H,21,23,25). The molecule has 0 saturated heterocycles. The minimum Gasteiger partial charge on any atom is -0.392 e. The van der Waals surface area contributed by atoms with Crippen molar-refractivity contribution in [2.24, 2.45) is 5.92 Å². The van der Waals surface area contributed by atoms with Gasteiger partial charge in [0.15, 0.2) is 5.82 Å². The van der Waals surface area contributed by atoms with Gasteiger partial charge in [0.05, 0.1) is 18.5 Å². The van der Waals surface area contributed by atoms with Crippen molar-refractivity contribution in [2.45, 2.75) is 40.7 Å². The summed E-state index contributed by atoms with van der Waals surface area (Å²) in [5, 5.41) is 12.0. The zero-order valence-electron chi connectivity index (χ0n) is 15.2. The monoisotopic (exact) mass is 339 g/mol. The molecule has 0 aliphatic rings. The fourth-order valence-electron chi connectivity index (χ4n) is 2.35. The maximum absolute atomic E-state index is 12.1. The number of hydrogen-bond acceptors (Lipinski definition) is 4. The number of carbonyl (C=O) groups is 1. The maximum Gasteiger partial charge on any atom is 0.225 e. The minimum absolute atomic E-state index is 0.00972. The predicted molar refractivity (Wildman–Crippen MR) is 101 cm³/mol. The SMILES string of the molecule is CC(C)=Cc1nc(-c2ccc(CO)cc2)cnc1NC(=O)CC(C)C. The summed E-state index contributed by atoms with van der Waals surface area (Å²) in [4.78, 5) is 21.1. The van der Waals surface area contributed by atoms with Crippen LogP contribution in [0.25, 0.3) is 17.3 Å². The van der Waals surface area contributed by atoms with Gasteiger partial charge in [0.25, 0.3) is 0 Å². The van der Waals surface area contributed by atoms with Crippen molar-refractivity contribution in [1.82, 2.24) is 9.97 Å². The molecule has 1 amide bonds. The summed E-state index contributed by atoms with van der Waals surface area (Å²) in [6.07, 6.45) is 4.01. The van der Waals surface area contributed by atoms with E-state index in [1.54, 1.807) is 6.20 Å². The van der Waals surface area contributed by atoms with E-state index in [0.29, 0.717) is 17.9 Å². The van der Waals surface area contributed by atoms with Gasteiger partial charge in [-0.1, -0.05) is 43.7 Å². The molecule has 1 heterocycles. The van der Waals surface area contributed by atoms with Crippen molar-refractivity contribution in [3.63, 3.8) is 0 Å². The molecule has 2 aromatic rings. The molecule has 5 heteroatoms. The van der Waals surface area contributed by atoms with E-state index in [9.17, 15) is 4.79 Å². The van der Waals surface area contributed by atoms with Crippen molar-refractivity contribution < 1.29 is 9.90 Å². The van der Waals surface area contributed by atoms with Crippen LogP contribution in [-0.2, 0) is 11.4 Å². The lowest BCUT2D eigenvalue weighted by molar-refractivity contribution is -0.116. The Bertz CT molecular complexity index is 761. The van der Waals surface area contributed by atoms with Gasteiger partial charge in [-0.05, 0) is 31.4 Å². The number of carbonyl (C=O) groups excluding carboxylic acids is 1. The smallest absolute Gasteiger partial charge is 0.225 e. The molecule has 5 nitrogen and oxygen atoms in total. The van der Waals surface area contributed by atoms with Crippen molar-refractivity contribution in [2.75, 3.05) is 5.32 Å². The van der Waals surface area contributed by atoms with Gasteiger partial charge >= 0.3 is 0 Å². The first-order valence-electron chi connectivity index (χ1n) is 8.41. The van der Waals surface area contributed by atoms with E-state index >= 15 is 0 Å². The Hall–Kier alpha value is -2.53. The Balaban J connectivity index is 2.35. The number of aromatic nitrogens is 2. The fourth-order valence-corrected chi connectivity index (χ4v) is 2.35. The van der Waals surface area contributed by atoms with E-state index in [-0.39, 0.29) is 18.4 Å². The van der Waals surface area contributed by atoms with E-state index in [1.165, 1.54) is 0 Å². The van der Waals surface area contributed by atoms with Crippen LogP contribution in [0.4, 0.5) is 5.82 Å². The number of benzene rings is 1. The lowest BCUT2D eigenvalue weighted by atomic mass is 10.1. The molecule has 0 radical (unpaired) electrons. The van der Waals surface area contributed by atoms with Crippen molar-refractivity contribution in [1.29, 1.82) is 0 Å². The molecule has 132 valence electrons. The Morgan fingerprint density at radius 3 is 2.48 bits per heavy atom. The topological polar surface area (TPSA) is 75.1 Å². The molecule has 0 saturated carbocycles. The summed E-state index contributed by atoms with van der Waals surface area (Å²) in [6, 6.07) is 7.52. The number of nitrogens with one attached hydrogen (secondary N) is 1. The summed E-state index contributed by atoms with van der Waals surface area (Å²) < 4.78 is 0. The van der Waals surface area contributed by atoms with Crippen LogP contribution in [0.15, 0.2) is 36.0 Å². The number of allylic oxidation sites excluding steroid dienone is 1. The molecule has 0 atom stereocenters. The Kier molecular flexibility index (Phi) is 6.42. The molecule has 1 aromatic heterocycles. The first kappa shape index (κ1) is 18.8. The van der Waals surface area contributed by atoms with Gasteiger partial charge < -0.3 is 10.4 Å². The van der Waals surface area contributed by atoms with Gasteiger partial charge in [-0.25, -0.2) is 9.97 Å². The van der Waals surface area contributed by atoms with Crippen molar-refractivity contribution >= 4 is 17.8 Å². The first-order chi connectivity index (χ1) is 11.9. The Morgan fingerprint density at radius 2 is 1.92 bits per heavy atom. The van der Waals surface area contributed by atoms with E-state index in [1.807, 2.05) is 58.0 Å². The molecule has 0 aliphatic carbocycles. The zero-order chi connectivity index (χ0) is 18.4. The average Bonchev–Trinajstić information content (AvgIpc) is 2.55. The van der Waals surface area contributed by atoms with Crippen LogP contribution in [0.3, 0.4) is 0 Å². The summed E-state index contributed by atoms with van der Waals surface area (Å²) in [5.74, 6) is 0.694. The van der Waals surface area contributed by atoms with Crippen LogP contribution in [0.5, 0.6) is 0 Å². The molecule has 0 unspecified atom stereocenters. The lowest BCUT2D eigenvalue weighted by Gasteiger charge is -2.11. The van der Waals surface area contributed by atoms with Gasteiger partial charge in [-0.2, -0.15) is 0 Å². The van der Waals surface area contributed by atoms with Crippen molar-refractivity contribution in [3.8, 4) is 11.3 Å².